The van der Waals surface area contributed by atoms with Crippen molar-refractivity contribution in [2.45, 2.75) is 33.2 Å². The molecule has 0 saturated heterocycles. The van der Waals surface area contributed by atoms with Crippen LogP contribution in [0.5, 0.6) is 0 Å². The van der Waals surface area contributed by atoms with Gasteiger partial charge in [-0.2, -0.15) is 0 Å². The normalized spacial score (nSPS) is 12.3. The van der Waals surface area contributed by atoms with E-state index in [1.165, 1.54) is 0 Å². The van der Waals surface area contributed by atoms with Gasteiger partial charge >= 0.3 is 0 Å². The van der Waals surface area contributed by atoms with E-state index in [4.69, 9.17) is 11.6 Å². The minimum absolute atomic E-state index is 0.0548. The van der Waals surface area contributed by atoms with E-state index in [-0.39, 0.29) is 11.9 Å². The minimum Gasteiger partial charge on any atom is -0.336 e. The highest BCUT2D eigenvalue weighted by atomic mass is 79.9. The molecule has 1 amide bonds. The van der Waals surface area contributed by atoms with E-state index in [1.54, 1.807) is 18.2 Å². The standard InChI is InChI=1S/C13H17BrClNO/c1-4-9(3)16(5-2)13(17)10-6-7-12(15)11(14)8-10/h6-9H,4-5H2,1-3H3. The number of benzene rings is 1. The van der Waals surface area contributed by atoms with Gasteiger partial charge in [0.2, 0.25) is 0 Å². The van der Waals surface area contributed by atoms with Crippen molar-refractivity contribution in [1.29, 1.82) is 0 Å². The van der Waals surface area contributed by atoms with E-state index < -0.39 is 0 Å². The van der Waals surface area contributed by atoms with Crippen LogP contribution in [0.4, 0.5) is 0 Å². The predicted octanol–water partition coefficient (Wildman–Crippen LogP) is 4.36. The van der Waals surface area contributed by atoms with Gasteiger partial charge in [0.25, 0.3) is 5.91 Å². The Balaban J connectivity index is 2.98. The molecule has 1 atom stereocenters. The molecule has 17 heavy (non-hydrogen) atoms. The molecule has 0 aliphatic rings. The Labute approximate surface area is 116 Å². The molecular formula is C13H17BrClNO. The summed E-state index contributed by atoms with van der Waals surface area (Å²) >= 11 is 9.25. The molecule has 0 radical (unpaired) electrons. The number of carbonyl (C=O) groups excluding carboxylic acids is 1. The quantitative estimate of drug-likeness (QED) is 0.807. The molecule has 0 aromatic heterocycles. The summed E-state index contributed by atoms with van der Waals surface area (Å²) in [7, 11) is 0. The van der Waals surface area contributed by atoms with Gasteiger partial charge < -0.3 is 4.90 Å². The Hall–Kier alpha value is -0.540. The lowest BCUT2D eigenvalue weighted by Crippen LogP contribution is -2.38. The number of hydrogen-bond donors (Lipinski definition) is 0. The molecule has 4 heteroatoms. The van der Waals surface area contributed by atoms with E-state index in [0.29, 0.717) is 17.1 Å². The summed E-state index contributed by atoms with van der Waals surface area (Å²) in [5.41, 5.74) is 0.670. The average molecular weight is 319 g/mol. The summed E-state index contributed by atoms with van der Waals surface area (Å²) in [6.07, 6.45) is 0.953. The van der Waals surface area contributed by atoms with Crippen molar-refractivity contribution < 1.29 is 4.79 Å². The number of rotatable bonds is 4. The maximum atomic E-state index is 12.3. The maximum absolute atomic E-state index is 12.3. The van der Waals surface area contributed by atoms with Crippen LogP contribution in [0.2, 0.25) is 5.02 Å². The first-order chi connectivity index (χ1) is 8.01. The molecule has 0 aliphatic carbocycles. The van der Waals surface area contributed by atoms with Gasteiger partial charge in [-0.25, -0.2) is 0 Å². The third kappa shape index (κ3) is 3.46. The predicted molar refractivity (Wildman–Crippen MR) is 75.6 cm³/mol. The number of carbonyl (C=O) groups is 1. The van der Waals surface area contributed by atoms with Crippen LogP contribution in [0.1, 0.15) is 37.6 Å². The SMILES string of the molecule is CCC(C)N(CC)C(=O)c1ccc(Cl)c(Br)c1. The lowest BCUT2D eigenvalue weighted by atomic mass is 10.1. The highest BCUT2D eigenvalue weighted by Crippen LogP contribution is 2.24. The first kappa shape index (κ1) is 14.5. The Morgan fingerprint density at radius 1 is 1.47 bits per heavy atom. The first-order valence-corrected chi connectivity index (χ1v) is 6.94. The van der Waals surface area contributed by atoms with Crippen molar-refractivity contribution in [3.63, 3.8) is 0 Å². The molecule has 1 unspecified atom stereocenters. The fourth-order valence-corrected chi connectivity index (χ4v) is 2.17. The summed E-state index contributed by atoms with van der Waals surface area (Å²) in [4.78, 5) is 14.2. The van der Waals surface area contributed by atoms with E-state index in [0.717, 1.165) is 10.9 Å². The molecule has 1 aromatic rings. The fourth-order valence-electron chi connectivity index (χ4n) is 1.67. The van der Waals surface area contributed by atoms with Crippen molar-refractivity contribution in [3.05, 3.63) is 33.3 Å². The average Bonchev–Trinajstić information content (AvgIpc) is 2.33. The largest absolute Gasteiger partial charge is 0.336 e. The van der Waals surface area contributed by atoms with Crippen molar-refractivity contribution in [1.82, 2.24) is 4.90 Å². The van der Waals surface area contributed by atoms with Crippen molar-refractivity contribution in [3.8, 4) is 0 Å². The van der Waals surface area contributed by atoms with E-state index >= 15 is 0 Å². The molecule has 0 spiro atoms. The lowest BCUT2D eigenvalue weighted by Gasteiger charge is -2.27. The summed E-state index contributed by atoms with van der Waals surface area (Å²) < 4.78 is 0.755. The molecule has 1 aromatic carbocycles. The summed E-state index contributed by atoms with van der Waals surface area (Å²) in [6, 6.07) is 5.53. The van der Waals surface area contributed by atoms with Gasteiger partial charge in [0.15, 0.2) is 0 Å². The number of amides is 1. The molecular weight excluding hydrogens is 302 g/mol. The second kappa shape index (κ2) is 6.41. The highest BCUT2D eigenvalue weighted by Gasteiger charge is 2.19. The Morgan fingerprint density at radius 3 is 2.59 bits per heavy atom. The Kier molecular flexibility index (Phi) is 5.47. The van der Waals surface area contributed by atoms with Crippen LogP contribution in [0, 0.1) is 0 Å². The lowest BCUT2D eigenvalue weighted by molar-refractivity contribution is 0.0700. The minimum atomic E-state index is 0.0548. The third-order valence-electron chi connectivity index (χ3n) is 2.89. The number of halogens is 2. The van der Waals surface area contributed by atoms with Crippen molar-refractivity contribution >= 4 is 33.4 Å². The molecule has 1 rings (SSSR count). The van der Waals surface area contributed by atoms with Crippen LogP contribution in [-0.2, 0) is 0 Å². The van der Waals surface area contributed by atoms with Crippen LogP contribution in [0.3, 0.4) is 0 Å². The molecule has 0 bridgehead atoms. The molecule has 0 fully saturated rings. The van der Waals surface area contributed by atoms with E-state index in [9.17, 15) is 4.79 Å². The van der Waals surface area contributed by atoms with E-state index in [1.807, 2.05) is 11.8 Å². The molecule has 0 heterocycles. The Bertz CT molecular complexity index is 408. The van der Waals surface area contributed by atoms with Crippen molar-refractivity contribution in [2.24, 2.45) is 0 Å². The molecule has 94 valence electrons. The smallest absolute Gasteiger partial charge is 0.254 e. The first-order valence-electron chi connectivity index (χ1n) is 5.77. The molecule has 0 aliphatic heterocycles. The second-order valence-corrected chi connectivity index (χ2v) is 5.24. The monoisotopic (exact) mass is 317 g/mol. The van der Waals surface area contributed by atoms with Gasteiger partial charge in [0, 0.05) is 22.6 Å². The van der Waals surface area contributed by atoms with Crippen LogP contribution in [0.25, 0.3) is 0 Å². The maximum Gasteiger partial charge on any atom is 0.254 e. The number of nitrogens with zero attached hydrogens (tertiary/aromatic N) is 1. The summed E-state index contributed by atoms with van der Waals surface area (Å²) in [5.74, 6) is 0.0548. The van der Waals surface area contributed by atoms with Gasteiger partial charge in [-0.05, 0) is 54.4 Å². The van der Waals surface area contributed by atoms with Crippen LogP contribution < -0.4 is 0 Å². The van der Waals surface area contributed by atoms with Gasteiger partial charge in [-0.15, -0.1) is 0 Å². The highest BCUT2D eigenvalue weighted by molar-refractivity contribution is 9.10. The van der Waals surface area contributed by atoms with Crippen LogP contribution >= 0.6 is 27.5 Å². The fraction of sp³-hybridized carbons (Fsp3) is 0.462. The Morgan fingerprint density at radius 2 is 2.12 bits per heavy atom. The number of hydrogen-bond acceptors (Lipinski definition) is 1. The molecule has 0 N–H and O–H groups in total. The van der Waals surface area contributed by atoms with Crippen LogP contribution in [-0.4, -0.2) is 23.4 Å². The second-order valence-electron chi connectivity index (χ2n) is 3.98. The van der Waals surface area contributed by atoms with E-state index in [2.05, 4.69) is 29.8 Å². The van der Waals surface area contributed by atoms with Gasteiger partial charge in [-0.3, -0.25) is 4.79 Å². The molecule has 0 saturated carbocycles. The van der Waals surface area contributed by atoms with Gasteiger partial charge in [0.05, 0.1) is 5.02 Å². The molecule has 2 nitrogen and oxygen atoms in total. The zero-order valence-electron chi connectivity index (χ0n) is 10.3. The van der Waals surface area contributed by atoms with Gasteiger partial charge in [-0.1, -0.05) is 18.5 Å². The van der Waals surface area contributed by atoms with Gasteiger partial charge in [0.1, 0.15) is 0 Å². The topological polar surface area (TPSA) is 20.3 Å². The third-order valence-corrected chi connectivity index (χ3v) is 4.10. The zero-order valence-corrected chi connectivity index (χ0v) is 12.7. The van der Waals surface area contributed by atoms with Crippen molar-refractivity contribution in [2.75, 3.05) is 6.54 Å². The van der Waals surface area contributed by atoms with Crippen LogP contribution in [0.15, 0.2) is 22.7 Å². The summed E-state index contributed by atoms with van der Waals surface area (Å²) in [6.45, 7) is 6.86. The summed E-state index contributed by atoms with van der Waals surface area (Å²) in [5, 5.41) is 0.619. The zero-order chi connectivity index (χ0) is 13.0.